The number of halogens is 1. The van der Waals surface area contributed by atoms with Crippen molar-refractivity contribution in [2.75, 3.05) is 6.54 Å². The number of carbonyl (C=O) groups excluding carboxylic acids is 1. The number of aromatic amines is 1. The summed E-state index contributed by atoms with van der Waals surface area (Å²) in [6, 6.07) is 6.78. The predicted molar refractivity (Wildman–Crippen MR) is 89.9 cm³/mol. The smallest absolute Gasteiger partial charge is 0.252 e. The summed E-state index contributed by atoms with van der Waals surface area (Å²) in [5.74, 6) is 0.162. The van der Waals surface area contributed by atoms with Crippen molar-refractivity contribution in [3.05, 3.63) is 44.7 Å². The van der Waals surface area contributed by atoms with E-state index in [0.29, 0.717) is 28.9 Å². The van der Waals surface area contributed by atoms with Crippen molar-refractivity contribution in [2.45, 2.75) is 25.3 Å². The van der Waals surface area contributed by atoms with Crippen LogP contribution < -0.4 is 16.6 Å². The number of nitrogens with one attached hydrogen (secondary N) is 2. The molecule has 1 saturated carbocycles. The highest BCUT2D eigenvalue weighted by atomic mass is 79.9. The normalized spacial score (nSPS) is 17.2. The van der Waals surface area contributed by atoms with Crippen molar-refractivity contribution >= 4 is 32.7 Å². The van der Waals surface area contributed by atoms with E-state index in [2.05, 4.69) is 26.2 Å². The van der Waals surface area contributed by atoms with Crippen LogP contribution in [-0.2, 0) is 0 Å². The van der Waals surface area contributed by atoms with Crippen LogP contribution in [0.1, 0.15) is 30.1 Å². The van der Waals surface area contributed by atoms with Crippen LogP contribution in [0.4, 0.5) is 0 Å². The van der Waals surface area contributed by atoms with Gasteiger partial charge < -0.3 is 16.0 Å². The maximum Gasteiger partial charge on any atom is 0.252 e. The number of fused-ring (bicyclic) bond motifs is 1. The monoisotopic (exact) mass is 363 g/mol. The van der Waals surface area contributed by atoms with Gasteiger partial charge in [0.05, 0.1) is 11.1 Å². The lowest BCUT2D eigenvalue weighted by Crippen LogP contribution is -2.53. The third-order valence-corrected chi connectivity index (χ3v) is 4.84. The lowest BCUT2D eigenvalue weighted by molar-refractivity contribution is 0.0899. The standard InChI is InChI=1S/C16H18BrN3O2/c1-16(8-18,9-2-3-9)20-15(22)12-7-14(21)19-13-5-4-10(17)6-11(12)13/h4-7,9H,2-3,8,18H2,1H3,(H,19,21)(H,20,22). The van der Waals surface area contributed by atoms with E-state index in [1.807, 2.05) is 19.1 Å². The Kier molecular flexibility index (Phi) is 3.82. The van der Waals surface area contributed by atoms with E-state index >= 15 is 0 Å². The fourth-order valence-corrected chi connectivity index (χ4v) is 3.14. The lowest BCUT2D eigenvalue weighted by atomic mass is 9.95. The van der Waals surface area contributed by atoms with E-state index in [9.17, 15) is 9.59 Å². The van der Waals surface area contributed by atoms with Crippen LogP contribution in [0.25, 0.3) is 10.9 Å². The molecule has 3 rings (SSSR count). The Labute approximate surface area is 136 Å². The zero-order valence-corrected chi connectivity index (χ0v) is 13.9. The van der Waals surface area contributed by atoms with Crippen molar-refractivity contribution in [2.24, 2.45) is 11.7 Å². The minimum atomic E-state index is -0.419. The van der Waals surface area contributed by atoms with Gasteiger partial charge in [0.1, 0.15) is 0 Å². The van der Waals surface area contributed by atoms with Gasteiger partial charge in [0.2, 0.25) is 5.56 Å². The van der Waals surface area contributed by atoms with Crippen LogP contribution in [-0.4, -0.2) is 23.0 Å². The molecule has 2 aromatic rings. The first-order valence-electron chi connectivity index (χ1n) is 7.28. The van der Waals surface area contributed by atoms with E-state index < -0.39 is 5.54 Å². The molecule has 1 fully saturated rings. The summed E-state index contributed by atoms with van der Waals surface area (Å²) in [5, 5.41) is 3.74. The molecule has 1 unspecified atom stereocenters. The summed E-state index contributed by atoms with van der Waals surface area (Å²) in [6.45, 7) is 2.35. The second-order valence-corrected chi connectivity index (χ2v) is 7.00. The second kappa shape index (κ2) is 5.52. The molecule has 0 bridgehead atoms. The van der Waals surface area contributed by atoms with E-state index in [1.165, 1.54) is 6.07 Å². The molecular weight excluding hydrogens is 346 g/mol. The van der Waals surface area contributed by atoms with Gasteiger partial charge in [0.15, 0.2) is 0 Å². The molecule has 0 saturated heterocycles. The average molecular weight is 364 g/mol. The third kappa shape index (κ3) is 2.80. The number of benzene rings is 1. The number of rotatable bonds is 4. The maximum atomic E-state index is 12.7. The Hall–Kier alpha value is -1.66. The maximum absolute atomic E-state index is 12.7. The first-order chi connectivity index (χ1) is 10.4. The Balaban J connectivity index is 2.03. The van der Waals surface area contributed by atoms with E-state index in [1.54, 1.807) is 6.07 Å². The summed E-state index contributed by atoms with van der Waals surface area (Å²) < 4.78 is 0.852. The van der Waals surface area contributed by atoms with Gasteiger partial charge in [-0.25, -0.2) is 0 Å². The molecule has 1 aliphatic carbocycles. The fraction of sp³-hybridized carbons (Fsp3) is 0.375. The van der Waals surface area contributed by atoms with Gasteiger partial charge in [-0.2, -0.15) is 0 Å². The SMILES string of the molecule is CC(CN)(NC(=O)c1cc(=O)[nH]c2ccc(Br)cc12)C1CC1. The van der Waals surface area contributed by atoms with Crippen molar-refractivity contribution in [3.63, 3.8) is 0 Å². The minimum Gasteiger partial charge on any atom is -0.345 e. The largest absolute Gasteiger partial charge is 0.345 e. The van der Waals surface area contributed by atoms with E-state index in [0.717, 1.165) is 17.3 Å². The molecular formula is C16H18BrN3O2. The van der Waals surface area contributed by atoms with Gasteiger partial charge in [0, 0.05) is 28.0 Å². The summed E-state index contributed by atoms with van der Waals surface area (Å²) in [4.78, 5) is 27.2. The number of hydrogen-bond acceptors (Lipinski definition) is 3. The highest BCUT2D eigenvalue weighted by Crippen LogP contribution is 2.39. The molecule has 22 heavy (non-hydrogen) atoms. The van der Waals surface area contributed by atoms with Crippen molar-refractivity contribution in [1.29, 1.82) is 0 Å². The number of aromatic nitrogens is 1. The Morgan fingerprint density at radius 2 is 2.18 bits per heavy atom. The molecule has 1 atom stereocenters. The molecule has 0 aliphatic heterocycles. The number of hydrogen-bond donors (Lipinski definition) is 3. The summed E-state index contributed by atoms with van der Waals surface area (Å²) in [7, 11) is 0. The van der Waals surface area contributed by atoms with Crippen molar-refractivity contribution in [3.8, 4) is 0 Å². The number of H-pyrrole nitrogens is 1. The Morgan fingerprint density at radius 3 is 2.82 bits per heavy atom. The molecule has 5 nitrogen and oxygen atoms in total. The zero-order chi connectivity index (χ0) is 15.9. The molecule has 1 aliphatic rings. The zero-order valence-electron chi connectivity index (χ0n) is 12.3. The van der Waals surface area contributed by atoms with Crippen LogP contribution in [0.3, 0.4) is 0 Å². The number of pyridine rings is 1. The summed E-state index contributed by atoms with van der Waals surface area (Å²) >= 11 is 3.40. The van der Waals surface area contributed by atoms with Gasteiger partial charge >= 0.3 is 0 Å². The molecule has 0 radical (unpaired) electrons. The van der Waals surface area contributed by atoms with Gasteiger partial charge in [0.25, 0.3) is 5.91 Å². The second-order valence-electron chi connectivity index (χ2n) is 6.09. The quantitative estimate of drug-likeness (QED) is 0.777. The number of carbonyl (C=O) groups is 1. The molecule has 1 amide bonds. The van der Waals surface area contributed by atoms with Crippen LogP contribution in [0.5, 0.6) is 0 Å². The molecule has 6 heteroatoms. The Bertz CT molecular complexity index is 798. The van der Waals surface area contributed by atoms with Crippen LogP contribution in [0.15, 0.2) is 33.5 Å². The van der Waals surface area contributed by atoms with Gasteiger partial charge in [-0.15, -0.1) is 0 Å². The number of amides is 1. The highest BCUT2D eigenvalue weighted by Gasteiger charge is 2.41. The molecule has 0 spiro atoms. The third-order valence-electron chi connectivity index (χ3n) is 4.35. The van der Waals surface area contributed by atoms with Gasteiger partial charge in [-0.1, -0.05) is 15.9 Å². The molecule has 1 heterocycles. The Morgan fingerprint density at radius 1 is 1.45 bits per heavy atom. The van der Waals surface area contributed by atoms with Crippen LogP contribution >= 0.6 is 15.9 Å². The van der Waals surface area contributed by atoms with Crippen molar-refractivity contribution in [1.82, 2.24) is 10.3 Å². The fourth-order valence-electron chi connectivity index (χ4n) is 2.78. The molecule has 1 aromatic heterocycles. The van der Waals surface area contributed by atoms with E-state index in [4.69, 9.17) is 5.73 Å². The van der Waals surface area contributed by atoms with Crippen molar-refractivity contribution < 1.29 is 4.79 Å². The summed E-state index contributed by atoms with van der Waals surface area (Å²) in [6.07, 6.45) is 2.16. The first kappa shape index (κ1) is 15.2. The molecule has 1 aromatic carbocycles. The topological polar surface area (TPSA) is 88.0 Å². The molecule has 4 N–H and O–H groups in total. The van der Waals surface area contributed by atoms with Crippen LogP contribution in [0, 0.1) is 5.92 Å². The van der Waals surface area contributed by atoms with Crippen LogP contribution in [0.2, 0.25) is 0 Å². The summed E-state index contributed by atoms with van der Waals surface area (Å²) in [5.41, 5.74) is 6.16. The lowest BCUT2D eigenvalue weighted by Gasteiger charge is -2.29. The van der Waals surface area contributed by atoms with Gasteiger partial charge in [-0.05, 0) is 43.9 Å². The average Bonchev–Trinajstić information content (AvgIpc) is 3.31. The van der Waals surface area contributed by atoms with E-state index in [-0.39, 0.29) is 11.5 Å². The predicted octanol–water partition coefficient (Wildman–Crippen LogP) is 2.15. The number of nitrogens with two attached hydrogens (primary N) is 1. The molecule has 116 valence electrons. The minimum absolute atomic E-state index is 0.256. The first-order valence-corrected chi connectivity index (χ1v) is 8.07. The highest BCUT2D eigenvalue weighted by molar-refractivity contribution is 9.10. The van der Waals surface area contributed by atoms with Gasteiger partial charge in [-0.3, -0.25) is 9.59 Å².